The highest BCUT2D eigenvalue weighted by atomic mass is 16.3. The molecule has 3 nitrogen and oxygen atoms in total. The van der Waals surface area contributed by atoms with E-state index in [1.807, 2.05) is 0 Å². The second kappa shape index (κ2) is 7.77. The van der Waals surface area contributed by atoms with Crippen molar-refractivity contribution in [1.29, 1.82) is 0 Å². The average Bonchev–Trinajstić information content (AvgIpc) is 2.45. The molecule has 20 heavy (non-hydrogen) atoms. The zero-order valence-corrected chi connectivity index (χ0v) is 13.5. The van der Waals surface area contributed by atoms with Gasteiger partial charge in [-0.25, -0.2) is 0 Å². The van der Waals surface area contributed by atoms with Gasteiger partial charge in [-0.2, -0.15) is 0 Å². The molecule has 2 fully saturated rings. The first-order valence-corrected chi connectivity index (χ1v) is 8.81. The van der Waals surface area contributed by atoms with E-state index in [0.717, 1.165) is 31.8 Å². The van der Waals surface area contributed by atoms with Crippen LogP contribution in [-0.2, 0) is 0 Å². The van der Waals surface area contributed by atoms with Crippen LogP contribution in [0.4, 0.5) is 0 Å². The van der Waals surface area contributed by atoms with Gasteiger partial charge in [-0.05, 0) is 58.0 Å². The van der Waals surface area contributed by atoms with E-state index in [9.17, 15) is 5.11 Å². The fraction of sp³-hybridized carbons (Fsp3) is 1.00. The van der Waals surface area contributed by atoms with E-state index < -0.39 is 0 Å². The molecule has 0 radical (unpaired) electrons. The Morgan fingerprint density at radius 2 is 2.00 bits per heavy atom. The molecule has 1 aliphatic carbocycles. The molecule has 0 aromatic rings. The molecule has 0 aromatic heterocycles. The third-order valence-corrected chi connectivity index (χ3v) is 5.27. The van der Waals surface area contributed by atoms with Crippen LogP contribution < -0.4 is 5.32 Å². The maximum absolute atomic E-state index is 10.7. The second-order valence-corrected chi connectivity index (χ2v) is 7.17. The lowest BCUT2D eigenvalue weighted by atomic mass is 9.83. The first-order valence-electron chi connectivity index (χ1n) is 8.81. The first kappa shape index (κ1) is 16.3. The largest absolute Gasteiger partial charge is 0.389 e. The summed E-state index contributed by atoms with van der Waals surface area (Å²) in [5, 5.41) is 14.4. The van der Waals surface area contributed by atoms with E-state index in [2.05, 4.69) is 24.1 Å². The van der Waals surface area contributed by atoms with E-state index in [-0.39, 0.29) is 5.60 Å². The normalized spacial score (nSPS) is 29.2. The van der Waals surface area contributed by atoms with Gasteiger partial charge >= 0.3 is 0 Å². The van der Waals surface area contributed by atoms with Crippen molar-refractivity contribution in [3.05, 3.63) is 0 Å². The Morgan fingerprint density at radius 3 is 2.70 bits per heavy atom. The monoisotopic (exact) mass is 282 g/mol. The van der Waals surface area contributed by atoms with Gasteiger partial charge in [-0.1, -0.05) is 26.2 Å². The second-order valence-electron chi connectivity index (χ2n) is 7.17. The predicted octanol–water partition coefficient (Wildman–Crippen LogP) is 2.78. The molecule has 2 rings (SSSR count). The maximum Gasteiger partial charge on any atom is 0.0774 e. The number of nitrogens with zero attached hydrogens (tertiary/aromatic N) is 1. The molecular weight excluding hydrogens is 248 g/mol. The lowest BCUT2D eigenvalue weighted by Crippen LogP contribution is -2.50. The molecule has 1 aliphatic heterocycles. The number of likely N-dealkylation sites (tertiary alicyclic amines) is 1. The standard InChI is InChI=1S/C17H34N2O/c1-3-11-18-15(2)16-8-7-12-19(13-16)14-17(20)9-5-4-6-10-17/h15-16,18,20H,3-14H2,1-2H3. The predicted molar refractivity (Wildman–Crippen MR) is 85.0 cm³/mol. The number of piperidine rings is 1. The molecule has 3 heteroatoms. The van der Waals surface area contributed by atoms with Crippen molar-refractivity contribution in [1.82, 2.24) is 10.2 Å². The van der Waals surface area contributed by atoms with E-state index in [0.29, 0.717) is 6.04 Å². The van der Waals surface area contributed by atoms with Crippen LogP contribution >= 0.6 is 0 Å². The van der Waals surface area contributed by atoms with Gasteiger partial charge in [0, 0.05) is 19.1 Å². The summed E-state index contributed by atoms with van der Waals surface area (Å²) in [7, 11) is 0. The van der Waals surface area contributed by atoms with Crippen molar-refractivity contribution in [2.75, 3.05) is 26.2 Å². The van der Waals surface area contributed by atoms with E-state index in [1.165, 1.54) is 51.6 Å². The fourth-order valence-corrected chi connectivity index (χ4v) is 3.97. The molecule has 1 heterocycles. The Balaban J connectivity index is 1.80. The topological polar surface area (TPSA) is 35.5 Å². The molecule has 0 spiro atoms. The summed E-state index contributed by atoms with van der Waals surface area (Å²) in [6.07, 6.45) is 9.59. The highest BCUT2D eigenvalue weighted by molar-refractivity contribution is 4.88. The summed E-state index contributed by atoms with van der Waals surface area (Å²) in [5.74, 6) is 0.752. The number of β-amino-alcohol motifs (C(OH)–C–C–N with tert-alkyl or cyclic N) is 1. The minimum atomic E-state index is -0.389. The van der Waals surface area contributed by atoms with Crippen molar-refractivity contribution in [2.24, 2.45) is 5.92 Å². The van der Waals surface area contributed by atoms with Crippen molar-refractivity contribution >= 4 is 0 Å². The molecule has 118 valence electrons. The lowest BCUT2D eigenvalue weighted by molar-refractivity contribution is -0.0358. The molecule has 1 saturated carbocycles. The summed E-state index contributed by atoms with van der Waals surface area (Å²) in [4.78, 5) is 2.53. The molecule has 2 aliphatic rings. The summed E-state index contributed by atoms with van der Waals surface area (Å²) in [5.41, 5.74) is -0.389. The summed E-state index contributed by atoms with van der Waals surface area (Å²) in [6, 6.07) is 0.610. The molecule has 2 unspecified atom stereocenters. The Bertz CT molecular complexity index is 276. The summed E-state index contributed by atoms with van der Waals surface area (Å²) < 4.78 is 0. The van der Waals surface area contributed by atoms with Gasteiger partial charge in [0.25, 0.3) is 0 Å². The van der Waals surface area contributed by atoms with Crippen molar-refractivity contribution in [3.63, 3.8) is 0 Å². The van der Waals surface area contributed by atoms with Crippen molar-refractivity contribution in [2.45, 2.75) is 76.9 Å². The molecule has 2 N–H and O–H groups in total. The quantitative estimate of drug-likeness (QED) is 0.786. The Hall–Kier alpha value is -0.120. The minimum absolute atomic E-state index is 0.389. The summed E-state index contributed by atoms with van der Waals surface area (Å²) in [6.45, 7) is 8.94. The van der Waals surface area contributed by atoms with Gasteiger partial charge in [0.15, 0.2) is 0 Å². The summed E-state index contributed by atoms with van der Waals surface area (Å²) >= 11 is 0. The van der Waals surface area contributed by atoms with Crippen molar-refractivity contribution < 1.29 is 5.11 Å². The number of hydrogen-bond acceptors (Lipinski definition) is 3. The highest BCUT2D eigenvalue weighted by Gasteiger charge is 2.33. The molecule has 0 amide bonds. The van der Waals surface area contributed by atoms with Crippen LogP contribution in [0.5, 0.6) is 0 Å². The van der Waals surface area contributed by atoms with Crippen LogP contribution in [0.1, 0.15) is 65.2 Å². The van der Waals surface area contributed by atoms with Crippen molar-refractivity contribution in [3.8, 4) is 0 Å². The zero-order valence-electron chi connectivity index (χ0n) is 13.5. The lowest BCUT2D eigenvalue weighted by Gasteiger charge is -2.41. The smallest absolute Gasteiger partial charge is 0.0774 e. The Morgan fingerprint density at radius 1 is 1.25 bits per heavy atom. The Labute approximate surface area is 125 Å². The van der Waals surface area contributed by atoms with Crippen LogP contribution in [0, 0.1) is 5.92 Å². The molecule has 0 bridgehead atoms. The van der Waals surface area contributed by atoms with E-state index in [1.54, 1.807) is 0 Å². The third kappa shape index (κ3) is 4.71. The van der Waals surface area contributed by atoms with Crippen LogP contribution in [0.25, 0.3) is 0 Å². The molecule has 2 atom stereocenters. The van der Waals surface area contributed by atoms with Gasteiger partial charge < -0.3 is 15.3 Å². The van der Waals surface area contributed by atoms with Gasteiger partial charge in [-0.15, -0.1) is 0 Å². The molecule has 0 aromatic carbocycles. The van der Waals surface area contributed by atoms with Gasteiger partial charge in [0.05, 0.1) is 5.60 Å². The number of hydrogen-bond donors (Lipinski definition) is 2. The van der Waals surface area contributed by atoms with Crippen LogP contribution in [0.15, 0.2) is 0 Å². The van der Waals surface area contributed by atoms with Gasteiger partial charge in [-0.3, -0.25) is 0 Å². The SMILES string of the molecule is CCCNC(C)C1CCCN(CC2(O)CCCCC2)C1. The van der Waals surface area contributed by atoms with E-state index >= 15 is 0 Å². The van der Waals surface area contributed by atoms with Crippen LogP contribution in [0.2, 0.25) is 0 Å². The maximum atomic E-state index is 10.7. The number of nitrogens with one attached hydrogen (secondary N) is 1. The van der Waals surface area contributed by atoms with Crippen LogP contribution in [0.3, 0.4) is 0 Å². The van der Waals surface area contributed by atoms with Gasteiger partial charge in [0.2, 0.25) is 0 Å². The molecule has 1 saturated heterocycles. The van der Waals surface area contributed by atoms with Crippen LogP contribution in [-0.4, -0.2) is 47.8 Å². The van der Waals surface area contributed by atoms with E-state index in [4.69, 9.17) is 0 Å². The Kier molecular flexibility index (Phi) is 6.31. The van der Waals surface area contributed by atoms with Gasteiger partial charge in [0.1, 0.15) is 0 Å². The fourth-order valence-electron chi connectivity index (χ4n) is 3.97. The number of aliphatic hydroxyl groups is 1. The minimum Gasteiger partial charge on any atom is -0.389 e. The highest BCUT2D eigenvalue weighted by Crippen LogP contribution is 2.30. The number of rotatable bonds is 6. The first-order chi connectivity index (χ1) is 9.63. The average molecular weight is 282 g/mol. The third-order valence-electron chi connectivity index (χ3n) is 5.27. The molecular formula is C17H34N2O. The zero-order chi connectivity index (χ0) is 14.4.